The Kier molecular flexibility index (Phi) is 4.24. The van der Waals surface area contributed by atoms with Crippen molar-refractivity contribution in [2.75, 3.05) is 25.5 Å². The number of likely N-dealkylation sites (N-methyl/N-ethyl adjacent to an activating group) is 1. The zero-order chi connectivity index (χ0) is 12.0. The molecule has 0 aliphatic heterocycles. The average Bonchev–Trinajstić information content (AvgIpc) is 2.29. The van der Waals surface area contributed by atoms with Gasteiger partial charge in [-0.2, -0.15) is 5.26 Å². The first kappa shape index (κ1) is 11.9. The number of hydrogen-bond donors (Lipinski definition) is 2. The number of non-ortho nitro benzene ring substituents is 1. The highest BCUT2D eigenvalue weighted by Gasteiger charge is 2.09. The molecule has 0 aliphatic rings. The van der Waals surface area contributed by atoms with E-state index in [1.807, 2.05) is 13.1 Å². The van der Waals surface area contributed by atoms with Crippen LogP contribution in [-0.2, 0) is 0 Å². The summed E-state index contributed by atoms with van der Waals surface area (Å²) >= 11 is 0. The van der Waals surface area contributed by atoms with Gasteiger partial charge < -0.3 is 10.6 Å². The number of nitro benzene ring substituents is 1. The lowest BCUT2D eigenvalue weighted by Gasteiger charge is -2.07. The standard InChI is InChI=1S/C10H12N4O2/c1-12-4-5-13-10-3-2-9(14(15)16)6-8(10)7-11/h2-3,6,12-13H,4-5H2,1H3. The molecule has 0 saturated carbocycles. The van der Waals surface area contributed by atoms with Crippen molar-refractivity contribution in [1.29, 1.82) is 5.26 Å². The maximum absolute atomic E-state index is 10.5. The fourth-order valence-corrected chi connectivity index (χ4v) is 1.21. The minimum absolute atomic E-state index is 0.0734. The molecule has 0 heterocycles. The van der Waals surface area contributed by atoms with E-state index in [1.54, 1.807) is 6.07 Å². The van der Waals surface area contributed by atoms with Crippen molar-refractivity contribution in [3.8, 4) is 6.07 Å². The van der Waals surface area contributed by atoms with E-state index in [0.717, 1.165) is 6.54 Å². The Morgan fingerprint density at radius 2 is 2.25 bits per heavy atom. The van der Waals surface area contributed by atoms with Crippen molar-refractivity contribution >= 4 is 11.4 Å². The molecular weight excluding hydrogens is 208 g/mol. The van der Waals surface area contributed by atoms with Gasteiger partial charge >= 0.3 is 0 Å². The first-order valence-corrected chi connectivity index (χ1v) is 4.76. The normalized spacial score (nSPS) is 9.50. The Labute approximate surface area is 93.0 Å². The van der Waals surface area contributed by atoms with Crippen molar-refractivity contribution in [2.45, 2.75) is 0 Å². The molecule has 16 heavy (non-hydrogen) atoms. The lowest BCUT2D eigenvalue weighted by molar-refractivity contribution is -0.384. The largest absolute Gasteiger partial charge is 0.383 e. The number of nitrogens with zero attached hydrogens (tertiary/aromatic N) is 2. The maximum atomic E-state index is 10.5. The minimum Gasteiger partial charge on any atom is -0.383 e. The molecule has 0 saturated heterocycles. The van der Waals surface area contributed by atoms with Gasteiger partial charge in [0.15, 0.2) is 0 Å². The third kappa shape index (κ3) is 2.93. The van der Waals surface area contributed by atoms with Crippen LogP contribution >= 0.6 is 0 Å². The molecule has 0 aromatic heterocycles. The summed E-state index contributed by atoms with van der Waals surface area (Å²) in [5, 5.41) is 25.3. The first-order chi connectivity index (χ1) is 7.69. The van der Waals surface area contributed by atoms with E-state index >= 15 is 0 Å². The maximum Gasteiger partial charge on any atom is 0.270 e. The Morgan fingerprint density at radius 3 is 2.81 bits per heavy atom. The van der Waals surface area contributed by atoms with Gasteiger partial charge in [0.05, 0.1) is 16.2 Å². The second kappa shape index (κ2) is 5.68. The Bertz CT molecular complexity index is 425. The predicted molar refractivity (Wildman–Crippen MR) is 60.2 cm³/mol. The summed E-state index contributed by atoms with van der Waals surface area (Å²) in [5.41, 5.74) is 0.823. The van der Waals surface area contributed by atoms with Crippen LogP contribution in [0, 0.1) is 21.4 Å². The molecule has 6 nitrogen and oxygen atoms in total. The number of nitriles is 1. The third-order valence-corrected chi connectivity index (χ3v) is 2.02. The summed E-state index contributed by atoms with van der Waals surface area (Å²) in [6.45, 7) is 1.41. The van der Waals surface area contributed by atoms with Gasteiger partial charge in [-0.15, -0.1) is 0 Å². The second-order valence-electron chi connectivity index (χ2n) is 3.13. The topological polar surface area (TPSA) is 91.0 Å². The van der Waals surface area contributed by atoms with E-state index in [0.29, 0.717) is 12.2 Å². The van der Waals surface area contributed by atoms with Crippen LogP contribution in [-0.4, -0.2) is 25.1 Å². The summed E-state index contributed by atoms with van der Waals surface area (Å²) in [6, 6.07) is 6.12. The number of benzene rings is 1. The van der Waals surface area contributed by atoms with Gasteiger partial charge in [-0.3, -0.25) is 10.1 Å². The molecule has 6 heteroatoms. The molecule has 0 aliphatic carbocycles. The second-order valence-corrected chi connectivity index (χ2v) is 3.13. The molecule has 0 radical (unpaired) electrons. The summed E-state index contributed by atoms with van der Waals surface area (Å²) < 4.78 is 0. The van der Waals surface area contributed by atoms with Crippen LogP contribution in [0.1, 0.15) is 5.56 Å². The summed E-state index contributed by atoms with van der Waals surface area (Å²) in [7, 11) is 1.82. The molecular formula is C10H12N4O2. The number of nitrogens with one attached hydrogen (secondary N) is 2. The van der Waals surface area contributed by atoms with Crippen molar-refractivity contribution in [2.24, 2.45) is 0 Å². The molecule has 84 valence electrons. The van der Waals surface area contributed by atoms with E-state index in [9.17, 15) is 10.1 Å². The smallest absolute Gasteiger partial charge is 0.270 e. The number of hydrogen-bond acceptors (Lipinski definition) is 5. The van der Waals surface area contributed by atoms with Crippen molar-refractivity contribution in [3.05, 3.63) is 33.9 Å². The molecule has 0 spiro atoms. The molecule has 0 fully saturated rings. The van der Waals surface area contributed by atoms with E-state index in [4.69, 9.17) is 5.26 Å². The van der Waals surface area contributed by atoms with E-state index in [-0.39, 0.29) is 11.3 Å². The monoisotopic (exact) mass is 220 g/mol. The van der Waals surface area contributed by atoms with Crippen LogP contribution in [0.3, 0.4) is 0 Å². The van der Waals surface area contributed by atoms with E-state index < -0.39 is 4.92 Å². The van der Waals surface area contributed by atoms with Crippen molar-refractivity contribution in [3.63, 3.8) is 0 Å². The van der Waals surface area contributed by atoms with Crippen molar-refractivity contribution < 1.29 is 4.92 Å². The van der Waals surface area contributed by atoms with Crippen LogP contribution in [0.15, 0.2) is 18.2 Å². The molecule has 0 amide bonds. The summed E-state index contributed by atoms with van der Waals surface area (Å²) in [5.74, 6) is 0. The van der Waals surface area contributed by atoms with Crippen LogP contribution in [0.2, 0.25) is 0 Å². The van der Waals surface area contributed by atoms with Gasteiger partial charge in [-0.05, 0) is 13.1 Å². The first-order valence-electron chi connectivity index (χ1n) is 4.76. The predicted octanol–water partition coefficient (Wildman–Crippen LogP) is 1.10. The van der Waals surface area contributed by atoms with Crippen LogP contribution in [0.4, 0.5) is 11.4 Å². The van der Waals surface area contributed by atoms with Gasteiger partial charge in [0, 0.05) is 25.2 Å². The van der Waals surface area contributed by atoms with Gasteiger partial charge in [-0.25, -0.2) is 0 Å². The van der Waals surface area contributed by atoms with Crippen LogP contribution in [0.5, 0.6) is 0 Å². The summed E-state index contributed by atoms with van der Waals surface area (Å²) in [6.07, 6.45) is 0. The number of nitro groups is 1. The highest BCUT2D eigenvalue weighted by Crippen LogP contribution is 2.20. The van der Waals surface area contributed by atoms with Gasteiger partial charge in [-0.1, -0.05) is 0 Å². The van der Waals surface area contributed by atoms with Gasteiger partial charge in [0.1, 0.15) is 6.07 Å². The molecule has 0 atom stereocenters. The quantitative estimate of drug-likeness (QED) is 0.440. The minimum atomic E-state index is -0.516. The number of rotatable bonds is 5. The average molecular weight is 220 g/mol. The van der Waals surface area contributed by atoms with E-state index in [1.165, 1.54) is 12.1 Å². The molecule has 1 aromatic carbocycles. The van der Waals surface area contributed by atoms with Crippen molar-refractivity contribution in [1.82, 2.24) is 5.32 Å². The highest BCUT2D eigenvalue weighted by molar-refractivity contribution is 5.61. The Morgan fingerprint density at radius 1 is 1.50 bits per heavy atom. The third-order valence-electron chi connectivity index (χ3n) is 2.02. The molecule has 2 N–H and O–H groups in total. The fraction of sp³-hybridized carbons (Fsp3) is 0.300. The Balaban J connectivity index is 2.86. The molecule has 1 rings (SSSR count). The van der Waals surface area contributed by atoms with Gasteiger partial charge in [0.25, 0.3) is 5.69 Å². The SMILES string of the molecule is CNCCNc1ccc([N+](=O)[O-])cc1C#N. The summed E-state index contributed by atoms with van der Waals surface area (Å²) in [4.78, 5) is 9.99. The zero-order valence-electron chi connectivity index (χ0n) is 8.86. The Hall–Kier alpha value is -2.13. The van der Waals surface area contributed by atoms with Crippen LogP contribution in [0.25, 0.3) is 0 Å². The number of anilines is 1. The van der Waals surface area contributed by atoms with Crippen LogP contribution < -0.4 is 10.6 Å². The lowest BCUT2D eigenvalue weighted by atomic mass is 10.1. The molecule has 1 aromatic rings. The van der Waals surface area contributed by atoms with Gasteiger partial charge in [0.2, 0.25) is 0 Å². The highest BCUT2D eigenvalue weighted by atomic mass is 16.6. The molecule has 0 unspecified atom stereocenters. The molecule has 0 bridgehead atoms. The zero-order valence-corrected chi connectivity index (χ0v) is 8.86. The fourth-order valence-electron chi connectivity index (χ4n) is 1.21. The lowest BCUT2D eigenvalue weighted by Crippen LogP contribution is -2.18. The van der Waals surface area contributed by atoms with E-state index in [2.05, 4.69) is 10.6 Å².